The van der Waals surface area contributed by atoms with Crippen LogP contribution < -0.4 is 0 Å². The van der Waals surface area contributed by atoms with E-state index in [0.29, 0.717) is 0 Å². The van der Waals surface area contributed by atoms with Crippen molar-refractivity contribution in [3.63, 3.8) is 0 Å². The summed E-state index contributed by atoms with van der Waals surface area (Å²) >= 11 is 0. The highest BCUT2D eigenvalue weighted by molar-refractivity contribution is 7.90. The van der Waals surface area contributed by atoms with Gasteiger partial charge in [0.05, 0.1) is 16.8 Å². The number of aliphatic hydroxyl groups is 1. The first kappa shape index (κ1) is 19.8. The Kier molecular flexibility index (Phi) is 5.57. The number of sulfonamides is 1. The Morgan fingerprint density at radius 1 is 1.24 bits per heavy atom. The Labute approximate surface area is 148 Å². The number of sulfone groups is 1. The number of β-amino-alcohol motifs (C(OH)–C–C–N with tert-alkyl or cyclic N) is 1. The molecule has 1 saturated heterocycles. The lowest BCUT2D eigenvalue weighted by molar-refractivity contribution is 0.0764. The zero-order chi connectivity index (χ0) is 19.0. The van der Waals surface area contributed by atoms with Crippen molar-refractivity contribution in [1.29, 1.82) is 0 Å². The van der Waals surface area contributed by atoms with E-state index in [1.54, 1.807) is 0 Å². The monoisotopic (exact) mass is 390 g/mol. The van der Waals surface area contributed by atoms with Crippen LogP contribution in [0.4, 0.5) is 0 Å². The lowest BCUT2D eigenvalue weighted by Gasteiger charge is -2.18. The van der Waals surface area contributed by atoms with E-state index in [0.717, 1.165) is 10.6 Å². The van der Waals surface area contributed by atoms with E-state index in [-0.39, 0.29) is 29.3 Å². The molecule has 1 aromatic carbocycles. The Balaban J connectivity index is 2.17. The second kappa shape index (κ2) is 7.02. The number of carbonyl (C=O) groups excluding carboxylic acids is 1. The van der Waals surface area contributed by atoms with E-state index in [9.17, 15) is 26.7 Å². The molecule has 0 aromatic heterocycles. The maximum absolute atomic E-state index is 12.6. The molecule has 0 unspecified atom stereocenters. The molecule has 8 nitrogen and oxygen atoms in total. The summed E-state index contributed by atoms with van der Waals surface area (Å²) in [5.74, 6) is -1.28. The van der Waals surface area contributed by atoms with Gasteiger partial charge >= 0.3 is 0 Å². The maximum atomic E-state index is 12.6. The highest BCUT2D eigenvalue weighted by atomic mass is 32.2. The van der Waals surface area contributed by atoms with Crippen molar-refractivity contribution in [1.82, 2.24) is 9.21 Å². The minimum atomic E-state index is -3.50. The van der Waals surface area contributed by atoms with Crippen LogP contribution in [0.25, 0.3) is 0 Å². The van der Waals surface area contributed by atoms with Crippen LogP contribution in [-0.2, 0) is 19.9 Å². The quantitative estimate of drug-likeness (QED) is 0.720. The van der Waals surface area contributed by atoms with Gasteiger partial charge in [0, 0.05) is 44.9 Å². The van der Waals surface area contributed by atoms with Gasteiger partial charge in [-0.25, -0.2) is 21.1 Å². The highest BCUT2D eigenvalue weighted by Gasteiger charge is 2.37. The van der Waals surface area contributed by atoms with Crippen molar-refractivity contribution in [2.75, 3.05) is 39.2 Å². The van der Waals surface area contributed by atoms with Crippen molar-refractivity contribution in [3.05, 3.63) is 29.8 Å². The SMILES string of the molecule is CN(C)S(=O)(=O)C[C@@H]1CN(C(=O)c2cccc(S(C)(=O)=O)c2)C[C@H]1O. The van der Waals surface area contributed by atoms with Crippen molar-refractivity contribution in [2.24, 2.45) is 5.92 Å². The van der Waals surface area contributed by atoms with Gasteiger partial charge in [-0.1, -0.05) is 6.07 Å². The minimum absolute atomic E-state index is 0.00948. The smallest absolute Gasteiger partial charge is 0.253 e. The molecule has 0 aliphatic carbocycles. The van der Waals surface area contributed by atoms with Crippen LogP contribution in [0, 0.1) is 5.92 Å². The van der Waals surface area contributed by atoms with Gasteiger partial charge in [-0.05, 0) is 18.2 Å². The third kappa shape index (κ3) is 4.57. The molecule has 1 aliphatic rings. The predicted octanol–water partition coefficient (Wildman–Crippen LogP) is -0.586. The van der Waals surface area contributed by atoms with E-state index >= 15 is 0 Å². The van der Waals surface area contributed by atoms with Crippen LogP contribution >= 0.6 is 0 Å². The number of hydrogen-bond acceptors (Lipinski definition) is 6. The van der Waals surface area contributed by atoms with Crippen molar-refractivity contribution in [2.45, 2.75) is 11.0 Å². The molecule has 1 heterocycles. The van der Waals surface area contributed by atoms with Crippen molar-refractivity contribution >= 4 is 25.8 Å². The number of nitrogens with zero attached hydrogens (tertiary/aromatic N) is 2. The van der Waals surface area contributed by atoms with Gasteiger partial charge in [0.1, 0.15) is 0 Å². The summed E-state index contributed by atoms with van der Waals surface area (Å²) in [7, 11) is -4.11. The molecule has 1 N–H and O–H groups in total. The predicted molar refractivity (Wildman–Crippen MR) is 92.4 cm³/mol. The van der Waals surface area contributed by atoms with Crippen LogP contribution in [0.5, 0.6) is 0 Å². The minimum Gasteiger partial charge on any atom is -0.391 e. The van der Waals surface area contributed by atoms with E-state index < -0.39 is 37.8 Å². The normalized spacial score (nSPS) is 21.7. The molecule has 1 aromatic rings. The molecule has 140 valence electrons. The zero-order valence-electron chi connectivity index (χ0n) is 14.3. The summed E-state index contributed by atoms with van der Waals surface area (Å²) < 4.78 is 48.3. The summed E-state index contributed by atoms with van der Waals surface area (Å²) in [6.07, 6.45) is 0.106. The number of aliphatic hydroxyl groups excluding tert-OH is 1. The molecule has 0 saturated carbocycles. The van der Waals surface area contributed by atoms with Crippen LogP contribution in [0.1, 0.15) is 10.4 Å². The summed E-state index contributed by atoms with van der Waals surface area (Å²) in [6, 6.07) is 5.66. The summed E-state index contributed by atoms with van der Waals surface area (Å²) in [6.45, 7) is 0.103. The lowest BCUT2D eigenvalue weighted by atomic mass is 10.1. The first-order chi connectivity index (χ1) is 11.4. The lowest BCUT2D eigenvalue weighted by Crippen LogP contribution is -2.33. The van der Waals surface area contributed by atoms with Crippen LogP contribution in [-0.4, -0.2) is 82.4 Å². The topological polar surface area (TPSA) is 112 Å². The molecule has 0 radical (unpaired) electrons. The maximum Gasteiger partial charge on any atom is 0.253 e. The molecule has 10 heteroatoms. The van der Waals surface area contributed by atoms with Crippen LogP contribution in [0.2, 0.25) is 0 Å². The van der Waals surface area contributed by atoms with Crippen LogP contribution in [0.15, 0.2) is 29.2 Å². The number of benzene rings is 1. The highest BCUT2D eigenvalue weighted by Crippen LogP contribution is 2.22. The largest absolute Gasteiger partial charge is 0.391 e. The number of hydrogen-bond donors (Lipinski definition) is 1. The number of amides is 1. The number of carbonyl (C=O) groups is 1. The summed E-state index contributed by atoms with van der Waals surface area (Å²) in [5.41, 5.74) is 0.186. The molecule has 1 fully saturated rings. The van der Waals surface area contributed by atoms with Crippen LogP contribution in [0.3, 0.4) is 0 Å². The van der Waals surface area contributed by atoms with E-state index in [1.165, 1.54) is 43.3 Å². The second-order valence-corrected chi connectivity index (χ2v) is 10.6. The summed E-state index contributed by atoms with van der Waals surface area (Å²) in [5, 5.41) is 10.1. The van der Waals surface area contributed by atoms with Crippen molar-refractivity contribution < 1.29 is 26.7 Å². The Hall–Kier alpha value is -1.49. The van der Waals surface area contributed by atoms with Gasteiger partial charge < -0.3 is 10.0 Å². The van der Waals surface area contributed by atoms with Gasteiger partial charge in [0.25, 0.3) is 5.91 Å². The van der Waals surface area contributed by atoms with Gasteiger partial charge in [0.2, 0.25) is 10.0 Å². The van der Waals surface area contributed by atoms with Gasteiger partial charge in [0.15, 0.2) is 9.84 Å². The fourth-order valence-corrected chi connectivity index (χ4v) is 4.48. The number of rotatable bonds is 5. The molecule has 0 spiro atoms. The third-order valence-corrected chi connectivity index (χ3v) is 7.26. The van der Waals surface area contributed by atoms with Crippen molar-refractivity contribution in [3.8, 4) is 0 Å². The molecule has 2 atom stereocenters. The first-order valence-electron chi connectivity index (χ1n) is 7.59. The zero-order valence-corrected chi connectivity index (χ0v) is 15.9. The second-order valence-electron chi connectivity index (χ2n) is 6.40. The van der Waals surface area contributed by atoms with E-state index in [4.69, 9.17) is 0 Å². The third-order valence-electron chi connectivity index (χ3n) is 4.18. The molecule has 25 heavy (non-hydrogen) atoms. The molecular weight excluding hydrogens is 368 g/mol. The molecule has 2 rings (SSSR count). The standard InChI is InChI=1S/C15H22N2O6S2/c1-16(2)25(22,23)10-12-8-17(9-14(12)18)15(19)11-5-4-6-13(7-11)24(3,20)21/h4-7,12,14,18H,8-10H2,1-3H3/t12-,14+/m0/s1. The van der Waals surface area contributed by atoms with E-state index in [2.05, 4.69) is 0 Å². The molecule has 1 aliphatic heterocycles. The molecular formula is C15H22N2O6S2. The Bertz CT molecular complexity index is 864. The summed E-state index contributed by atoms with van der Waals surface area (Å²) in [4.78, 5) is 14.0. The average Bonchev–Trinajstić information content (AvgIpc) is 2.86. The molecule has 1 amide bonds. The Morgan fingerprint density at radius 3 is 2.44 bits per heavy atom. The van der Waals surface area contributed by atoms with Gasteiger partial charge in [-0.2, -0.15) is 0 Å². The van der Waals surface area contributed by atoms with Gasteiger partial charge in [-0.3, -0.25) is 4.79 Å². The fourth-order valence-electron chi connectivity index (χ4n) is 2.65. The molecule has 0 bridgehead atoms. The average molecular weight is 390 g/mol. The first-order valence-corrected chi connectivity index (χ1v) is 11.1. The number of likely N-dealkylation sites (tertiary alicyclic amines) is 1. The Morgan fingerprint density at radius 2 is 1.88 bits per heavy atom. The van der Waals surface area contributed by atoms with E-state index in [1.807, 2.05) is 0 Å². The van der Waals surface area contributed by atoms with Gasteiger partial charge in [-0.15, -0.1) is 0 Å². The fraction of sp³-hybridized carbons (Fsp3) is 0.533.